The standard InChI is InChI=1S/C26H31ClN2O4.C6H8O7/c27-24-6-5-21(30)14-19(24)13-20(25(32)29-10-7-22(31)16-29)15-28-11-8-26(9-12-28)23-4-2-1-3-18(23)17-33-26;7-3(8)1-6(13,5(11)12)2-4(9)10/h1-6,14,20,22,30-31H,7-13,15-17H2;13H,1-2H2,(H,7,8)(H,9,10)(H,11,12)/t20?,22-;/m1./s1. The van der Waals surface area contributed by atoms with Crippen molar-refractivity contribution in [3.05, 3.63) is 64.2 Å². The van der Waals surface area contributed by atoms with Gasteiger partial charge in [0.05, 0.1) is 37.1 Å². The van der Waals surface area contributed by atoms with Gasteiger partial charge in [-0.15, -0.1) is 0 Å². The van der Waals surface area contributed by atoms with Crippen molar-refractivity contribution in [1.29, 1.82) is 0 Å². The molecule has 46 heavy (non-hydrogen) atoms. The fourth-order valence-electron chi connectivity index (χ4n) is 6.33. The third-order valence-corrected chi connectivity index (χ3v) is 9.13. The summed E-state index contributed by atoms with van der Waals surface area (Å²) >= 11 is 6.39. The zero-order chi connectivity index (χ0) is 33.6. The fourth-order valence-corrected chi connectivity index (χ4v) is 6.53. The van der Waals surface area contributed by atoms with Crippen molar-refractivity contribution in [3.63, 3.8) is 0 Å². The molecular formula is C32H39ClN2O11. The maximum atomic E-state index is 13.4. The second-order valence-electron chi connectivity index (χ2n) is 12.1. The Morgan fingerprint density at radius 1 is 1.00 bits per heavy atom. The van der Waals surface area contributed by atoms with Gasteiger partial charge in [0.1, 0.15) is 5.75 Å². The van der Waals surface area contributed by atoms with Crippen molar-refractivity contribution in [3.8, 4) is 5.75 Å². The molecule has 2 aromatic carbocycles. The number of phenols is 1. The van der Waals surface area contributed by atoms with Crippen molar-refractivity contribution in [2.24, 2.45) is 5.92 Å². The summed E-state index contributed by atoms with van der Waals surface area (Å²) in [5, 5.41) is 54.3. The van der Waals surface area contributed by atoms with Gasteiger partial charge in [-0.3, -0.25) is 14.4 Å². The van der Waals surface area contributed by atoms with E-state index in [1.807, 2.05) is 0 Å². The number of carbonyl (C=O) groups is 4. The molecule has 0 aromatic heterocycles. The number of hydrogen-bond donors (Lipinski definition) is 6. The molecule has 3 aliphatic rings. The molecule has 6 N–H and O–H groups in total. The van der Waals surface area contributed by atoms with E-state index >= 15 is 0 Å². The molecule has 1 amide bonds. The first-order valence-electron chi connectivity index (χ1n) is 15.0. The zero-order valence-electron chi connectivity index (χ0n) is 25.2. The van der Waals surface area contributed by atoms with Gasteiger partial charge in [-0.25, -0.2) is 4.79 Å². The number of nitrogens with zero attached hydrogens (tertiary/aromatic N) is 2. The molecular weight excluding hydrogens is 624 g/mol. The van der Waals surface area contributed by atoms with Crippen LogP contribution in [0.2, 0.25) is 5.02 Å². The number of benzene rings is 2. The van der Waals surface area contributed by atoms with Crippen molar-refractivity contribution in [2.75, 3.05) is 32.7 Å². The number of aliphatic hydroxyl groups excluding tert-OH is 1. The molecule has 1 spiro atoms. The summed E-state index contributed by atoms with van der Waals surface area (Å²) in [5.74, 6) is -5.11. The van der Waals surface area contributed by atoms with Crippen LogP contribution in [0, 0.1) is 5.92 Å². The van der Waals surface area contributed by atoms with Gasteiger partial charge < -0.3 is 45.2 Å². The maximum Gasteiger partial charge on any atom is 0.336 e. The van der Waals surface area contributed by atoms with E-state index in [0.29, 0.717) is 44.1 Å². The lowest BCUT2D eigenvalue weighted by Gasteiger charge is -2.40. The minimum atomic E-state index is -2.74. The smallest absolute Gasteiger partial charge is 0.336 e. The number of fused-ring (bicyclic) bond motifs is 2. The van der Waals surface area contributed by atoms with Crippen LogP contribution in [0.3, 0.4) is 0 Å². The van der Waals surface area contributed by atoms with Crippen LogP contribution in [0.5, 0.6) is 5.75 Å². The third-order valence-electron chi connectivity index (χ3n) is 8.76. The number of piperidine rings is 1. The van der Waals surface area contributed by atoms with Crippen LogP contribution >= 0.6 is 11.6 Å². The number of phenolic OH excluding ortho intramolecular Hbond substituents is 1. The number of β-amino-alcohol motifs (C(OH)–C–C–N with tert-alkyl or cyclic N) is 1. The van der Waals surface area contributed by atoms with E-state index in [1.165, 1.54) is 11.1 Å². The summed E-state index contributed by atoms with van der Waals surface area (Å²) in [6, 6.07) is 13.4. The highest BCUT2D eigenvalue weighted by molar-refractivity contribution is 6.31. The molecule has 2 fully saturated rings. The minimum absolute atomic E-state index is 0.0497. The summed E-state index contributed by atoms with van der Waals surface area (Å²) in [6.45, 7) is 3.97. The van der Waals surface area contributed by atoms with Crippen LogP contribution in [0.4, 0.5) is 0 Å². The molecule has 14 heteroatoms. The Bertz CT molecular complexity index is 1430. The SMILES string of the molecule is O=C(C(Cc1cc(O)ccc1Cl)CN1CCC2(CC1)OCc1ccccc12)N1CC[C@@H](O)C1.O=C(O)CC(O)(CC(=O)O)C(=O)O. The largest absolute Gasteiger partial charge is 0.508 e. The molecule has 0 bridgehead atoms. The molecule has 3 aliphatic heterocycles. The Morgan fingerprint density at radius 2 is 1.65 bits per heavy atom. The molecule has 2 aromatic rings. The molecule has 2 atom stereocenters. The lowest BCUT2D eigenvalue weighted by atomic mass is 9.83. The van der Waals surface area contributed by atoms with Gasteiger partial charge in [-0.2, -0.15) is 0 Å². The number of hydrogen-bond acceptors (Lipinski definition) is 9. The average molecular weight is 663 g/mol. The number of aromatic hydroxyl groups is 1. The highest BCUT2D eigenvalue weighted by atomic mass is 35.5. The van der Waals surface area contributed by atoms with Crippen LogP contribution < -0.4 is 0 Å². The summed E-state index contributed by atoms with van der Waals surface area (Å²) < 4.78 is 6.30. The van der Waals surface area contributed by atoms with Crippen LogP contribution in [0.25, 0.3) is 0 Å². The summed E-state index contributed by atoms with van der Waals surface area (Å²) in [4.78, 5) is 48.0. The molecule has 0 aliphatic carbocycles. The van der Waals surface area contributed by atoms with Crippen molar-refractivity contribution in [2.45, 2.75) is 62.4 Å². The van der Waals surface area contributed by atoms with E-state index in [4.69, 9.17) is 36.8 Å². The van der Waals surface area contributed by atoms with Gasteiger partial charge >= 0.3 is 17.9 Å². The summed E-state index contributed by atoms with van der Waals surface area (Å²) in [7, 11) is 0. The van der Waals surface area contributed by atoms with Gasteiger partial charge in [0, 0.05) is 37.7 Å². The number of carbonyl (C=O) groups excluding carboxylic acids is 1. The second kappa shape index (κ2) is 14.8. The zero-order valence-corrected chi connectivity index (χ0v) is 25.9. The van der Waals surface area contributed by atoms with Crippen LogP contribution in [0.1, 0.15) is 48.8 Å². The van der Waals surface area contributed by atoms with E-state index in [1.54, 1.807) is 23.1 Å². The van der Waals surface area contributed by atoms with Gasteiger partial charge in [-0.05, 0) is 60.6 Å². The summed E-state index contributed by atoms with van der Waals surface area (Å²) in [6.07, 6.45) is 0.144. The van der Waals surface area contributed by atoms with E-state index < -0.39 is 42.5 Å². The Balaban J connectivity index is 0.000000315. The number of carboxylic acids is 3. The van der Waals surface area contributed by atoms with Gasteiger partial charge in [0.2, 0.25) is 5.91 Å². The number of amides is 1. The first-order valence-corrected chi connectivity index (χ1v) is 15.4. The number of likely N-dealkylation sites (tertiary alicyclic amines) is 2. The van der Waals surface area contributed by atoms with Crippen molar-refractivity contribution < 1.29 is 54.6 Å². The number of aliphatic hydroxyl groups is 2. The molecule has 250 valence electrons. The minimum Gasteiger partial charge on any atom is -0.508 e. The van der Waals surface area contributed by atoms with Crippen LogP contribution in [-0.4, -0.2) is 109 Å². The van der Waals surface area contributed by atoms with E-state index in [2.05, 4.69) is 29.2 Å². The molecule has 5 rings (SSSR count). The number of aliphatic carboxylic acids is 3. The van der Waals surface area contributed by atoms with E-state index in [-0.39, 0.29) is 23.2 Å². The Labute approximate surface area is 270 Å². The van der Waals surface area contributed by atoms with Gasteiger partial charge in [-0.1, -0.05) is 35.9 Å². The highest BCUT2D eigenvalue weighted by Crippen LogP contribution is 2.44. The lowest BCUT2D eigenvalue weighted by molar-refractivity contribution is -0.170. The Hall–Kier alpha value is -3.75. The molecule has 0 saturated carbocycles. The molecule has 3 heterocycles. The number of ether oxygens (including phenoxy) is 1. The first kappa shape index (κ1) is 35.1. The molecule has 13 nitrogen and oxygen atoms in total. The Kier molecular flexibility index (Phi) is 11.3. The van der Waals surface area contributed by atoms with Crippen molar-refractivity contribution >= 4 is 35.4 Å². The predicted molar refractivity (Wildman–Crippen MR) is 163 cm³/mol. The van der Waals surface area contributed by atoms with E-state index in [0.717, 1.165) is 31.5 Å². The molecule has 1 unspecified atom stereocenters. The van der Waals surface area contributed by atoms with Crippen molar-refractivity contribution in [1.82, 2.24) is 9.80 Å². The number of halogens is 1. The normalized spacial score (nSPS) is 19.6. The van der Waals surface area contributed by atoms with Crippen LogP contribution in [0.15, 0.2) is 42.5 Å². The predicted octanol–water partition coefficient (Wildman–Crippen LogP) is 2.07. The number of rotatable bonds is 10. The third kappa shape index (κ3) is 8.53. The monoisotopic (exact) mass is 662 g/mol. The van der Waals surface area contributed by atoms with Gasteiger partial charge in [0.25, 0.3) is 0 Å². The summed E-state index contributed by atoms with van der Waals surface area (Å²) in [5.41, 5.74) is 0.425. The molecule has 0 radical (unpaired) electrons. The first-order chi connectivity index (χ1) is 21.7. The Morgan fingerprint density at radius 3 is 2.24 bits per heavy atom. The average Bonchev–Trinajstić information content (AvgIpc) is 3.59. The molecule has 2 saturated heterocycles. The van der Waals surface area contributed by atoms with Crippen LogP contribution in [-0.2, 0) is 42.5 Å². The van der Waals surface area contributed by atoms with E-state index in [9.17, 15) is 29.4 Å². The highest BCUT2D eigenvalue weighted by Gasteiger charge is 2.43. The second-order valence-corrected chi connectivity index (χ2v) is 12.5. The van der Waals surface area contributed by atoms with Gasteiger partial charge in [0.15, 0.2) is 5.60 Å². The number of carboxylic acid groups (broad SMARTS) is 3. The topological polar surface area (TPSA) is 205 Å². The maximum absolute atomic E-state index is 13.4. The lowest BCUT2D eigenvalue weighted by Crippen LogP contribution is -2.47. The fraction of sp³-hybridized carbons (Fsp3) is 0.500. The quantitative estimate of drug-likeness (QED) is 0.216.